The van der Waals surface area contributed by atoms with Crippen LogP contribution in [0.5, 0.6) is 0 Å². The number of likely N-dealkylation sites (tertiary alicyclic amines) is 1. The Bertz CT molecular complexity index is 703. The number of amides is 1. The van der Waals surface area contributed by atoms with E-state index in [4.69, 9.17) is 0 Å². The molecular weight excluding hydrogens is 336 g/mol. The van der Waals surface area contributed by atoms with Gasteiger partial charge in [0.1, 0.15) is 0 Å². The van der Waals surface area contributed by atoms with Crippen LogP contribution in [-0.4, -0.2) is 38.1 Å². The summed E-state index contributed by atoms with van der Waals surface area (Å²) in [5, 5.41) is 9.26. The Morgan fingerprint density at radius 3 is 2.52 bits per heavy atom. The van der Waals surface area contributed by atoms with Crippen molar-refractivity contribution >= 4 is 17.1 Å². The van der Waals surface area contributed by atoms with Crippen molar-refractivity contribution in [1.29, 1.82) is 0 Å². The molecule has 1 unspecified atom stereocenters. The summed E-state index contributed by atoms with van der Waals surface area (Å²) in [7, 11) is -1.16. The van der Waals surface area contributed by atoms with Crippen molar-refractivity contribution in [1.82, 2.24) is 9.62 Å². The van der Waals surface area contributed by atoms with Crippen LogP contribution < -0.4 is 4.72 Å². The van der Waals surface area contributed by atoms with Gasteiger partial charge in [0, 0.05) is 13.1 Å². The summed E-state index contributed by atoms with van der Waals surface area (Å²) in [5.41, 5.74) is 3.72. The van der Waals surface area contributed by atoms with Gasteiger partial charge >= 0.3 is 6.09 Å². The van der Waals surface area contributed by atoms with Gasteiger partial charge in [-0.3, -0.25) is 0 Å². The van der Waals surface area contributed by atoms with Gasteiger partial charge in [-0.25, -0.2) is 13.7 Å². The molecule has 5 nitrogen and oxygen atoms in total. The number of carbonyl (C=O) groups is 1. The van der Waals surface area contributed by atoms with Crippen LogP contribution in [0.1, 0.15) is 56.3 Å². The maximum Gasteiger partial charge on any atom is 0.407 e. The molecule has 1 spiro atoms. The minimum absolute atomic E-state index is 0.0131. The fourth-order valence-corrected chi connectivity index (χ4v) is 5.01. The van der Waals surface area contributed by atoms with Crippen LogP contribution in [0, 0.1) is 12.3 Å². The molecule has 1 aromatic carbocycles. The Balaban J connectivity index is 1.92. The molecule has 0 aromatic heterocycles. The summed E-state index contributed by atoms with van der Waals surface area (Å²) in [6.07, 6.45) is 1.68. The second kappa shape index (κ2) is 6.40. The quantitative estimate of drug-likeness (QED) is 0.845. The van der Waals surface area contributed by atoms with Crippen LogP contribution in [0.15, 0.2) is 18.2 Å². The number of carboxylic acid groups (broad SMARTS) is 1. The number of hydrogen-bond acceptors (Lipinski definition) is 2. The largest absolute Gasteiger partial charge is 0.465 e. The van der Waals surface area contributed by atoms with E-state index in [2.05, 4.69) is 29.8 Å². The first-order valence-electron chi connectivity index (χ1n) is 8.88. The van der Waals surface area contributed by atoms with Crippen molar-refractivity contribution < 1.29 is 14.1 Å². The van der Waals surface area contributed by atoms with Crippen LogP contribution in [-0.2, 0) is 17.4 Å². The lowest BCUT2D eigenvalue weighted by atomic mass is 9.73. The lowest BCUT2D eigenvalue weighted by Gasteiger charge is -2.43. The van der Waals surface area contributed by atoms with Gasteiger partial charge in [0.05, 0.1) is 21.8 Å². The summed E-state index contributed by atoms with van der Waals surface area (Å²) in [5.74, 6) is 0. The summed E-state index contributed by atoms with van der Waals surface area (Å²) < 4.78 is 15.9. The highest BCUT2D eigenvalue weighted by molar-refractivity contribution is 7.84. The third-order valence-electron chi connectivity index (χ3n) is 5.58. The highest BCUT2D eigenvalue weighted by atomic mass is 32.2. The lowest BCUT2D eigenvalue weighted by Crippen LogP contribution is -2.48. The zero-order valence-corrected chi connectivity index (χ0v) is 16.3. The summed E-state index contributed by atoms with van der Waals surface area (Å²) in [6.45, 7) is 9.10. The van der Waals surface area contributed by atoms with Crippen LogP contribution in [0.3, 0.4) is 0 Å². The summed E-state index contributed by atoms with van der Waals surface area (Å²) in [4.78, 5) is 12.8. The molecule has 0 saturated carbocycles. The zero-order valence-electron chi connectivity index (χ0n) is 15.5. The second-order valence-electron chi connectivity index (χ2n) is 8.44. The monoisotopic (exact) mass is 364 g/mol. The molecule has 1 aliphatic heterocycles. The predicted molar refractivity (Wildman–Crippen MR) is 99.9 cm³/mol. The number of nitrogens with zero attached hydrogens (tertiary/aromatic N) is 1. The molecule has 25 heavy (non-hydrogen) atoms. The maximum atomic E-state index is 12.8. The third kappa shape index (κ3) is 3.47. The molecule has 0 bridgehead atoms. The Labute approximate surface area is 152 Å². The molecule has 138 valence electrons. The number of aryl methyl sites for hydroxylation is 1. The van der Waals surface area contributed by atoms with E-state index >= 15 is 0 Å². The molecule has 6 heteroatoms. The van der Waals surface area contributed by atoms with Crippen molar-refractivity contribution in [3.8, 4) is 0 Å². The number of rotatable bonds is 2. The van der Waals surface area contributed by atoms with E-state index in [1.807, 2.05) is 20.8 Å². The molecule has 1 heterocycles. The standard InChI is InChI=1S/C19H28N2O3S/c1-13-5-6-15-14(11-13)12-19(7-9-21(10-8-19)17(22)23)16(15)20-25(24)18(2,3)4/h5-6,11,16,20H,7-10,12H2,1-4H3,(H,22,23)/t16-,25?/m1/s1. The number of fused-ring (bicyclic) bond motifs is 1. The lowest BCUT2D eigenvalue weighted by molar-refractivity contribution is 0.0768. The topological polar surface area (TPSA) is 69.6 Å². The van der Waals surface area contributed by atoms with E-state index in [0.29, 0.717) is 13.1 Å². The van der Waals surface area contributed by atoms with Crippen LogP contribution in [0.25, 0.3) is 0 Å². The zero-order chi connectivity index (χ0) is 18.4. The molecule has 1 fully saturated rings. The van der Waals surface area contributed by atoms with Crippen LogP contribution >= 0.6 is 0 Å². The van der Waals surface area contributed by atoms with Crippen molar-refractivity contribution in [2.24, 2.45) is 5.41 Å². The highest BCUT2D eigenvalue weighted by Gasteiger charge is 2.49. The minimum Gasteiger partial charge on any atom is -0.465 e. The molecule has 1 saturated heterocycles. The molecule has 1 amide bonds. The molecule has 2 N–H and O–H groups in total. The van der Waals surface area contributed by atoms with Gasteiger partial charge in [0.15, 0.2) is 0 Å². The first kappa shape index (κ1) is 18.4. The molecule has 3 rings (SSSR count). The third-order valence-corrected chi connectivity index (χ3v) is 7.14. The van der Waals surface area contributed by atoms with E-state index < -0.39 is 17.1 Å². The summed E-state index contributed by atoms with van der Waals surface area (Å²) in [6, 6.07) is 6.50. The fraction of sp³-hybridized carbons (Fsp3) is 0.632. The smallest absolute Gasteiger partial charge is 0.407 e. The van der Waals surface area contributed by atoms with Crippen molar-refractivity contribution in [3.63, 3.8) is 0 Å². The molecule has 1 aromatic rings. The first-order valence-corrected chi connectivity index (χ1v) is 10.0. The van der Waals surface area contributed by atoms with Crippen LogP contribution in [0.4, 0.5) is 4.79 Å². The normalized spacial score (nSPS) is 23.5. The van der Waals surface area contributed by atoms with Gasteiger partial charge in [0.2, 0.25) is 0 Å². The van der Waals surface area contributed by atoms with Crippen molar-refractivity contribution in [3.05, 3.63) is 34.9 Å². The number of benzene rings is 1. The Hall–Kier alpha value is -1.40. The Kier molecular flexibility index (Phi) is 4.71. The van der Waals surface area contributed by atoms with Gasteiger partial charge in [-0.05, 0) is 63.5 Å². The number of piperidine rings is 1. The summed E-state index contributed by atoms with van der Waals surface area (Å²) >= 11 is 0. The van der Waals surface area contributed by atoms with E-state index in [-0.39, 0.29) is 16.2 Å². The molecular formula is C19H28N2O3S. The highest BCUT2D eigenvalue weighted by Crippen LogP contribution is 2.52. The van der Waals surface area contributed by atoms with Crippen molar-refractivity contribution in [2.45, 2.75) is 57.7 Å². The number of nitrogens with one attached hydrogen (secondary N) is 1. The molecule has 2 atom stereocenters. The van der Waals surface area contributed by atoms with Gasteiger partial charge < -0.3 is 10.0 Å². The SMILES string of the molecule is Cc1ccc2c(c1)CC1(CCN(C(=O)O)CC1)[C@@H]2NS(=O)C(C)(C)C. The van der Waals surface area contributed by atoms with Gasteiger partial charge in [-0.2, -0.15) is 0 Å². The van der Waals surface area contributed by atoms with E-state index in [1.54, 1.807) is 0 Å². The Morgan fingerprint density at radius 1 is 1.32 bits per heavy atom. The molecule has 0 radical (unpaired) electrons. The van der Waals surface area contributed by atoms with Crippen LogP contribution in [0.2, 0.25) is 0 Å². The second-order valence-corrected chi connectivity index (χ2v) is 10.4. The predicted octanol–water partition coefficient (Wildman–Crippen LogP) is 3.40. The fourth-order valence-electron chi connectivity index (χ4n) is 4.06. The van der Waals surface area contributed by atoms with Crippen molar-refractivity contribution in [2.75, 3.05) is 13.1 Å². The number of hydrogen-bond donors (Lipinski definition) is 2. The van der Waals surface area contributed by atoms with Gasteiger partial charge in [-0.1, -0.05) is 23.8 Å². The average molecular weight is 365 g/mol. The average Bonchev–Trinajstić information content (AvgIpc) is 2.79. The molecule has 2 aliphatic rings. The first-order chi connectivity index (χ1) is 11.6. The van der Waals surface area contributed by atoms with Gasteiger partial charge in [-0.15, -0.1) is 0 Å². The minimum atomic E-state index is -1.16. The van der Waals surface area contributed by atoms with Gasteiger partial charge in [0.25, 0.3) is 0 Å². The maximum absolute atomic E-state index is 12.8. The Morgan fingerprint density at radius 2 is 1.96 bits per heavy atom. The molecule has 1 aliphatic carbocycles. The van der Waals surface area contributed by atoms with E-state index in [1.165, 1.54) is 21.6 Å². The van der Waals surface area contributed by atoms with E-state index in [9.17, 15) is 14.1 Å². The van der Waals surface area contributed by atoms with E-state index in [0.717, 1.165) is 19.3 Å².